The minimum absolute atomic E-state index is 0.216. The molecule has 0 saturated heterocycles. The van der Waals surface area contributed by atoms with Gasteiger partial charge in [-0.05, 0) is 53.2 Å². The third-order valence-corrected chi connectivity index (χ3v) is 3.69. The molecule has 0 heterocycles. The zero-order chi connectivity index (χ0) is 13.1. The quantitative estimate of drug-likeness (QED) is 0.878. The van der Waals surface area contributed by atoms with Gasteiger partial charge in [-0.1, -0.05) is 30.3 Å². The Morgan fingerprint density at radius 2 is 1.89 bits per heavy atom. The van der Waals surface area contributed by atoms with E-state index in [0.717, 1.165) is 11.1 Å². The number of rotatable bonds is 3. The number of benzene rings is 2. The molecule has 0 aliphatic carbocycles. The van der Waals surface area contributed by atoms with E-state index < -0.39 is 0 Å². The first-order valence-electron chi connectivity index (χ1n) is 5.85. The Labute approximate surface area is 115 Å². The van der Waals surface area contributed by atoms with Gasteiger partial charge in [0.05, 0.1) is 4.47 Å². The zero-order valence-electron chi connectivity index (χ0n) is 10.4. The van der Waals surface area contributed by atoms with Gasteiger partial charge in [-0.2, -0.15) is 0 Å². The van der Waals surface area contributed by atoms with Crippen molar-refractivity contribution in [3.05, 3.63) is 58.3 Å². The van der Waals surface area contributed by atoms with Gasteiger partial charge in [-0.3, -0.25) is 0 Å². The van der Waals surface area contributed by atoms with Gasteiger partial charge in [0.15, 0.2) is 0 Å². The van der Waals surface area contributed by atoms with Gasteiger partial charge in [0.25, 0.3) is 0 Å². The van der Waals surface area contributed by atoms with Crippen LogP contribution in [0.15, 0.2) is 46.9 Å². The molecule has 1 nitrogen and oxygen atoms in total. The second kappa shape index (κ2) is 5.63. The summed E-state index contributed by atoms with van der Waals surface area (Å²) in [6.07, 6.45) is 0. The fourth-order valence-corrected chi connectivity index (χ4v) is 2.24. The molecule has 0 saturated carbocycles. The molecule has 0 radical (unpaired) electrons. The van der Waals surface area contributed by atoms with E-state index in [0.29, 0.717) is 10.0 Å². The Kier molecular flexibility index (Phi) is 4.15. The van der Waals surface area contributed by atoms with Crippen LogP contribution < -0.4 is 5.32 Å². The molecule has 18 heavy (non-hydrogen) atoms. The number of halogens is 2. The van der Waals surface area contributed by atoms with Crippen molar-refractivity contribution in [3.63, 3.8) is 0 Å². The highest BCUT2D eigenvalue weighted by Crippen LogP contribution is 2.29. The lowest BCUT2D eigenvalue weighted by Crippen LogP contribution is -2.12. The summed E-state index contributed by atoms with van der Waals surface area (Å²) in [5, 5.41) is 3.18. The Bertz CT molecular complexity index is 554. The van der Waals surface area contributed by atoms with Gasteiger partial charge in [0.1, 0.15) is 5.82 Å². The largest absolute Gasteiger partial charge is 0.313 e. The Morgan fingerprint density at radius 3 is 2.61 bits per heavy atom. The van der Waals surface area contributed by atoms with Gasteiger partial charge >= 0.3 is 0 Å². The molecule has 0 bridgehead atoms. The summed E-state index contributed by atoms with van der Waals surface area (Å²) in [5.74, 6) is -0.216. The van der Waals surface area contributed by atoms with E-state index in [9.17, 15) is 4.39 Å². The lowest BCUT2D eigenvalue weighted by Gasteiger charge is -2.12. The van der Waals surface area contributed by atoms with Gasteiger partial charge in [-0.15, -0.1) is 0 Å². The highest BCUT2D eigenvalue weighted by Gasteiger charge is 2.09. The summed E-state index contributed by atoms with van der Waals surface area (Å²) >= 11 is 3.22. The second-order valence-corrected chi connectivity index (χ2v) is 5.09. The van der Waals surface area contributed by atoms with E-state index in [1.54, 1.807) is 12.1 Å². The predicted molar refractivity (Wildman–Crippen MR) is 77.0 cm³/mol. The average Bonchev–Trinajstić information content (AvgIpc) is 2.41. The smallest absolute Gasteiger partial charge is 0.145 e. The Hall–Kier alpha value is -1.19. The number of nitrogens with one attached hydrogen (secondary N) is 1. The molecule has 0 aliphatic rings. The van der Waals surface area contributed by atoms with E-state index >= 15 is 0 Å². The molecule has 1 unspecified atom stereocenters. The fraction of sp³-hybridized carbons (Fsp3) is 0.200. The normalized spacial score (nSPS) is 12.4. The number of hydrogen-bond acceptors (Lipinski definition) is 1. The summed E-state index contributed by atoms with van der Waals surface area (Å²) in [7, 11) is 1.91. The summed E-state index contributed by atoms with van der Waals surface area (Å²) in [6, 6.07) is 13.5. The van der Waals surface area contributed by atoms with Crippen molar-refractivity contribution in [2.75, 3.05) is 7.05 Å². The minimum atomic E-state index is -0.216. The molecule has 2 rings (SSSR count). The molecule has 0 fully saturated rings. The summed E-state index contributed by atoms with van der Waals surface area (Å²) in [6.45, 7) is 2.08. The van der Waals surface area contributed by atoms with Crippen LogP contribution in [0, 0.1) is 5.82 Å². The molecule has 94 valence electrons. The Morgan fingerprint density at radius 1 is 1.17 bits per heavy atom. The van der Waals surface area contributed by atoms with Crippen LogP contribution in [0.4, 0.5) is 4.39 Å². The highest BCUT2D eigenvalue weighted by molar-refractivity contribution is 9.10. The van der Waals surface area contributed by atoms with Gasteiger partial charge in [0, 0.05) is 11.6 Å². The maximum atomic E-state index is 14.0. The van der Waals surface area contributed by atoms with Crippen LogP contribution in [0.25, 0.3) is 11.1 Å². The van der Waals surface area contributed by atoms with Crippen LogP contribution in [-0.2, 0) is 0 Å². The van der Waals surface area contributed by atoms with Crippen molar-refractivity contribution < 1.29 is 4.39 Å². The van der Waals surface area contributed by atoms with E-state index in [1.165, 1.54) is 0 Å². The van der Waals surface area contributed by atoms with E-state index in [-0.39, 0.29) is 11.9 Å². The molecule has 2 aromatic rings. The third-order valence-electron chi connectivity index (χ3n) is 3.08. The molecule has 1 atom stereocenters. The van der Waals surface area contributed by atoms with Crippen molar-refractivity contribution in [3.8, 4) is 11.1 Å². The van der Waals surface area contributed by atoms with Gasteiger partial charge in [-0.25, -0.2) is 4.39 Å². The summed E-state index contributed by atoms with van der Waals surface area (Å²) < 4.78 is 14.5. The minimum Gasteiger partial charge on any atom is -0.313 e. The lowest BCUT2D eigenvalue weighted by molar-refractivity contribution is 0.624. The fourth-order valence-electron chi connectivity index (χ4n) is 1.87. The van der Waals surface area contributed by atoms with E-state index in [4.69, 9.17) is 0 Å². The maximum absolute atomic E-state index is 14.0. The molecular weight excluding hydrogens is 293 g/mol. The summed E-state index contributed by atoms with van der Waals surface area (Å²) in [5.41, 5.74) is 2.66. The van der Waals surface area contributed by atoms with Gasteiger partial charge in [0.2, 0.25) is 0 Å². The van der Waals surface area contributed by atoms with Crippen LogP contribution in [0.2, 0.25) is 0 Å². The van der Waals surface area contributed by atoms with E-state index in [2.05, 4.69) is 28.2 Å². The van der Waals surface area contributed by atoms with Crippen molar-refractivity contribution in [1.29, 1.82) is 0 Å². The van der Waals surface area contributed by atoms with Crippen LogP contribution in [0.5, 0.6) is 0 Å². The molecule has 0 aliphatic heterocycles. The van der Waals surface area contributed by atoms with Crippen molar-refractivity contribution in [2.24, 2.45) is 0 Å². The monoisotopic (exact) mass is 307 g/mol. The average molecular weight is 308 g/mol. The molecule has 1 N–H and O–H groups in total. The first-order valence-corrected chi connectivity index (χ1v) is 6.64. The van der Waals surface area contributed by atoms with Crippen molar-refractivity contribution >= 4 is 15.9 Å². The van der Waals surface area contributed by atoms with Crippen molar-refractivity contribution in [2.45, 2.75) is 13.0 Å². The Balaban J connectivity index is 2.48. The first kappa shape index (κ1) is 13.2. The lowest BCUT2D eigenvalue weighted by atomic mass is 10.00. The summed E-state index contributed by atoms with van der Waals surface area (Å²) in [4.78, 5) is 0. The molecular formula is C15H15BrFN. The van der Waals surface area contributed by atoms with Crippen LogP contribution in [-0.4, -0.2) is 7.05 Å². The molecule has 2 aromatic carbocycles. The standard InChI is InChI=1S/C15H15BrFN/c1-10(18-2)11-5-3-6-12(9-11)13-7-4-8-14(16)15(13)17/h3-10,18H,1-2H3. The van der Waals surface area contributed by atoms with Crippen molar-refractivity contribution in [1.82, 2.24) is 5.32 Å². The maximum Gasteiger partial charge on any atom is 0.145 e. The highest BCUT2D eigenvalue weighted by atomic mass is 79.9. The number of hydrogen-bond donors (Lipinski definition) is 1. The van der Waals surface area contributed by atoms with Crippen LogP contribution in [0.1, 0.15) is 18.5 Å². The molecule has 0 amide bonds. The first-order chi connectivity index (χ1) is 8.63. The molecule has 3 heteroatoms. The van der Waals surface area contributed by atoms with Gasteiger partial charge < -0.3 is 5.32 Å². The van der Waals surface area contributed by atoms with Crippen LogP contribution >= 0.6 is 15.9 Å². The third kappa shape index (κ3) is 2.62. The molecule has 0 aromatic heterocycles. The second-order valence-electron chi connectivity index (χ2n) is 4.24. The SMILES string of the molecule is CNC(C)c1cccc(-c2cccc(Br)c2F)c1. The van der Waals surface area contributed by atoms with E-state index in [1.807, 2.05) is 37.4 Å². The predicted octanol–water partition coefficient (Wildman–Crippen LogP) is 4.54. The van der Waals surface area contributed by atoms with Crippen LogP contribution in [0.3, 0.4) is 0 Å². The molecule has 0 spiro atoms. The zero-order valence-corrected chi connectivity index (χ0v) is 12.0. The topological polar surface area (TPSA) is 12.0 Å².